The molecule has 0 bridgehead atoms. The Hall–Kier alpha value is -3.13. The van der Waals surface area contributed by atoms with Crippen LogP contribution in [0.1, 0.15) is 46.2 Å². The summed E-state index contributed by atoms with van der Waals surface area (Å²) in [6.45, 7) is 2.82. The molecule has 7 nitrogen and oxygen atoms in total. The van der Waals surface area contributed by atoms with Crippen LogP contribution in [-0.4, -0.2) is 42.5 Å². The monoisotopic (exact) mass is 418 g/mol. The van der Waals surface area contributed by atoms with E-state index >= 15 is 0 Å². The van der Waals surface area contributed by atoms with Gasteiger partial charge in [-0.1, -0.05) is 30.0 Å². The molecule has 0 spiro atoms. The number of nitrogens with one attached hydrogen (secondary N) is 2. The fourth-order valence-electron chi connectivity index (χ4n) is 3.92. The molecule has 1 amide bonds. The van der Waals surface area contributed by atoms with Gasteiger partial charge in [0.05, 0.1) is 17.1 Å². The molecule has 1 unspecified atom stereocenters. The van der Waals surface area contributed by atoms with Crippen molar-refractivity contribution in [3.63, 3.8) is 0 Å². The molecule has 2 aromatic carbocycles. The molecule has 1 aliphatic heterocycles. The van der Waals surface area contributed by atoms with Gasteiger partial charge in [0.25, 0.3) is 5.91 Å². The number of H-pyrrole nitrogens is 2. The number of hydrogen-bond donors (Lipinski definition) is 2. The average molecular weight is 419 g/mol. The van der Waals surface area contributed by atoms with E-state index in [0.717, 1.165) is 52.7 Å². The minimum Gasteiger partial charge on any atom is -0.340 e. The number of aromatic nitrogens is 5. The van der Waals surface area contributed by atoms with Crippen LogP contribution in [0.2, 0.25) is 0 Å². The fourth-order valence-corrected chi connectivity index (χ4v) is 4.65. The van der Waals surface area contributed by atoms with Crippen LogP contribution in [-0.2, 0) is 5.75 Å². The number of carbonyl (C=O) groups excluding carboxylic acids is 1. The van der Waals surface area contributed by atoms with Crippen LogP contribution >= 0.6 is 11.8 Å². The van der Waals surface area contributed by atoms with E-state index in [4.69, 9.17) is 4.98 Å². The number of aryl methyl sites for hydroxylation is 1. The van der Waals surface area contributed by atoms with Gasteiger partial charge < -0.3 is 9.88 Å². The summed E-state index contributed by atoms with van der Waals surface area (Å²) in [4.78, 5) is 27.5. The smallest absolute Gasteiger partial charge is 0.254 e. The summed E-state index contributed by atoms with van der Waals surface area (Å²) in [6.07, 6.45) is 3.41. The van der Waals surface area contributed by atoms with Crippen molar-refractivity contribution in [1.29, 1.82) is 0 Å². The van der Waals surface area contributed by atoms with Crippen LogP contribution in [0.4, 0.5) is 0 Å². The van der Waals surface area contributed by atoms with Crippen LogP contribution in [0.15, 0.2) is 53.9 Å². The van der Waals surface area contributed by atoms with Gasteiger partial charge in [0.1, 0.15) is 12.2 Å². The number of rotatable bonds is 5. The Kier molecular flexibility index (Phi) is 5.00. The molecule has 8 heteroatoms. The molecule has 4 aromatic rings. The third-order valence-electron chi connectivity index (χ3n) is 5.45. The zero-order valence-electron chi connectivity index (χ0n) is 16.6. The standard InChI is InChI=1S/C22H22N6OS/c1-14-4-9-17-18(11-14)26-20(25-17)19-3-2-10-28(19)21(29)16-7-5-15(6-8-16)12-30-22-23-13-24-27-22/h4-9,11,13,19H,2-3,10,12H2,1H3,(H,25,26)(H,23,24,27). The number of carbonyl (C=O) groups is 1. The van der Waals surface area contributed by atoms with Crippen molar-refractivity contribution in [2.24, 2.45) is 0 Å². The minimum atomic E-state index is -0.00751. The molecular weight excluding hydrogens is 396 g/mol. The van der Waals surface area contributed by atoms with Crippen LogP contribution in [0.5, 0.6) is 0 Å². The summed E-state index contributed by atoms with van der Waals surface area (Å²) >= 11 is 1.58. The van der Waals surface area contributed by atoms with Gasteiger partial charge in [-0.3, -0.25) is 9.89 Å². The van der Waals surface area contributed by atoms with Gasteiger partial charge in [-0.25, -0.2) is 9.97 Å². The molecular formula is C22H22N6OS. The van der Waals surface area contributed by atoms with Gasteiger partial charge in [0, 0.05) is 17.9 Å². The summed E-state index contributed by atoms with van der Waals surface area (Å²) in [5, 5.41) is 7.48. The minimum absolute atomic E-state index is 0.00751. The van der Waals surface area contributed by atoms with E-state index in [1.54, 1.807) is 11.8 Å². The molecule has 0 saturated carbocycles. The third kappa shape index (κ3) is 3.70. The maximum absolute atomic E-state index is 13.2. The van der Waals surface area contributed by atoms with Gasteiger partial charge in [-0.05, 0) is 55.2 Å². The van der Waals surface area contributed by atoms with Gasteiger partial charge in [-0.15, -0.1) is 0 Å². The predicted octanol–water partition coefficient (Wildman–Crippen LogP) is 4.26. The largest absolute Gasteiger partial charge is 0.340 e. The lowest BCUT2D eigenvalue weighted by molar-refractivity contribution is 0.0730. The van der Waals surface area contributed by atoms with E-state index in [1.807, 2.05) is 35.2 Å². The highest BCUT2D eigenvalue weighted by Crippen LogP contribution is 2.33. The Morgan fingerprint density at radius 1 is 1.23 bits per heavy atom. The zero-order chi connectivity index (χ0) is 20.5. The molecule has 1 fully saturated rings. The SMILES string of the molecule is Cc1ccc2nc(C3CCCN3C(=O)c3ccc(CSc4ncn[nH]4)cc3)[nH]c2c1. The number of aromatic amines is 2. The first-order valence-electron chi connectivity index (χ1n) is 10.0. The number of hydrogen-bond acceptors (Lipinski definition) is 5. The highest BCUT2D eigenvalue weighted by atomic mass is 32.2. The Bertz CT molecular complexity index is 1170. The van der Waals surface area contributed by atoms with Crippen molar-refractivity contribution in [3.8, 4) is 0 Å². The van der Waals surface area contributed by atoms with Crippen molar-refractivity contribution in [1.82, 2.24) is 30.0 Å². The first-order chi connectivity index (χ1) is 14.7. The Morgan fingerprint density at radius 3 is 2.90 bits per heavy atom. The van der Waals surface area contributed by atoms with Crippen molar-refractivity contribution in [2.45, 2.75) is 36.7 Å². The molecule has 1 aliphatic rings. The average Bonchev–Trinajstić information content (AvgIpc) is 3.51. The lowest BCUT2D eigenvalue weighted by Crippen LogP contribution is -2.31. The van der Waals surface area contributed by atoms with E-state index in [9.17, 15) is 4.79 Å². The van der Waals surface area contributed by atoms with Gasteiger partial charge in [0.2, 0.25) is 0 Å². The Morgan fingerprint density at radius 2 is 2.10 bits per heavy atom. The number of likely N-dealkylation sites (tertiary alicyclic amines) is 1. The fraction of sp³-hybridized carbons (Fsp3) is 0.273. The van der Waals surface area contributed by atoms with E-state index < -0.39 is 0 Å². The van der Waals surface area contributed by atoms with Crippen LogP contribution in [0, 0.1) is 6.92 Å². The number of thioether (sulfide) groups is 1. The summed E-state index contributed by atoms with van der Waals surface area (Å²) in [7, 11) is 0. The van der Waals surface area contributed by atoms with Crippen LogP contribution < -0.4 is 0 Å². The second-order valence-electron chi connectivity index (χ2n) is 7.58. The van der Waals surface area contributed by atoms with E-state index in [0.29, 0.717) is 5.56 Å². The predicted molar refractivity (Wildman–Crippen MR) is 116 cm³/mol. The molecule has 1 saturated heterocycles. The number of imidazole rings is 1. The molecule has 3 heterocycles. The van der Waals surface area contributed by atoms with Gasteiger partial charge in [0.15, 0.2) is 5.16 Å². The number of amides is 1. The van der Waals surface area contributed by atoms with Crippen LogP contribution in [0.25, 0.3) is 11.0 Å². The van der Waals surface area contributed by atoms with Gasteiger partial charge in [-0.2, -0.15) is 5.10 Å². The summed E-state index contributed by atoms with van der Waals surface area (Å²) in [5.41, 5.74) is 5.01. The Labute approximate surface area is 178 Å². The Balaban J connectivity index is 1.31. The van der Waals surface area contributed by atoms with E-state index in [-0.39, 0.29) is 11.9 Å². The highest BCUT2D eigenvalue weighted by Gasteiger charge is 2.32. The summed E-state index contributed by atoms with van der Waals surface area (Å²) in [5.74, 6) is 1.71. The van der Waals surface area contributed by atoms with Crippen molar-refractivity contribution in [2.75, 3.05) is 6.54 Å². The topological polar surface area (TPSA) is 90.6 Å². The maximum Gasteiger partial charge on any atom is 0.254 e. The molecule has 1 atom stereocenters. The first-order valence-corrected chi connectivity index (χ1v) is 11.0. The normalized spacial score (nSPS) is 16.4. The molecule has 152 valence electrons. The lowest BCUT2D eigenvalue weighted by atomic mass is 10.1. The zero-order valence-corrected chi connectivity index (χ0v) is 17.4. The van der Waals surface area contributed by atoms with Crippen LogP contribution in [0.3, 0.4) is 0 Å². The van der Waals surface area contributed by atoms with Gasteiger partial charge >= 0.3 is 0 Å². The highest BCUT2D eigenvalue weighted by molar-refractivity contribution is 7.98. The van der Waals surface area contributed by atoms with E-state index in [2.05, 4.69) is 39.2 Å². The maximum atomic E-state index is 13.2. The van der Waals surface area contributed by atoms with Crippen molar-refractivity contribution < 1.29 is 4.79 Å². The summed E-state index contributed by atoms with van der Waals surface area (Å²) in [6, 6.07) is 14.0. The first kappa shape index (κ1) is 18.9. The number of fused-ring (bicyclic) bond motifs is 1. The number of nitrogens with zero attached hydrogens (tertiary/aromatic N) is 4. The second-order valence-corrected chi connectivity index (χ2v) is 8.54. The third-order valence-corrected chi connectivity index (χ3v) is 6.40. The van der Waals surface area contributed by atoms with Crippen molar-refractivity contribution in [3.05, 3.63) is 71.3 Å². The second kappa shape index (κ2) is 7.95. The molecule has 0 aliphatic carbocycles. The molecule has 2 aromatic heterocycles. The lowest BCUT2D eigenvalue weighted by Gasteiger charge is -2.23. The molecule has 5 rings (SSSR count). The molecule has 2 N–H and O–H groups in total. The summed E-state index contributed by atoms with van der Waals surface area (Å²) < 4.78 is 0. The van der Waals surface area contributed by atoms with E-state index in [1.165, 1.54) is 11.9 Å². The number of benzene rings is 2. The molecule has 0 radical (unpaired) electrons. The molecule has 30 heavy (non-hydrogen) atoms. The quantitative estimate of drug-likeness (QED) is 0.473. The van der Waals surface area contributed by atoms with Crippen molar-refractivity contribution >= 4 is 28.7 Å².